The number of nitrogens with one attached hydrogen (secondary N) is 1. The molecule has 0 radical (unpaired) electrons. The van der Waals surface area contributed by atoms with Crippen LogP contribution in [0.5, 0.6) is 5.75 Å². The zero-order valence-corrected chi connectivity index (χ0v) is 15.7. The zero-order valence-electron chi connectivity index (χ0n) is 15.7. The van der Waals surface area contributed by atoms with Crippen molar-refractivity contribution in [1.82, 2.24) is 9.80 Å². The first-order chi connectivity index (χ1) is 13.8. The molecule has 0 saturated carbocycles. The number of hydrogen-bond donors (Lipinski definition) is 1. The van der Waals surface area contributed by atoms with Crippen LogP contribution in [0.15, 0.2) is 48.5 Å². The molecule has 2 aromatic carbocycles. The van der Waals surface area contributed by atoms with E-state index in [4.69, 9.17) is 4.74 Å². The van der Waals surface area contributed by atoms with E-state index in [1.165, 1.54) is 35.1 Å². The number of urea groups is 1. The van der Waals surface area contributed by atoms with E-state index in [0.717, 1.165) is 6.07 Å². The number of para-hydroxylation sites is 2. The fourth-order valence-corrected chi connectivity index (χ4v) is 3.14. The summed E-state index contributed by atoms with van der Waals surface area (Å²) < 4.78 is 44.7. The van der Waals surface area contributed by atoms with Crippen molar-refractivity contribution in [3.63, 3.8) is 0 Å². The molecule has 154 valence electrons. The van der Waals surface area contributed by atoms with Gasteiger partial charge in [0.2, 0.25) is 0 Å². The number of piperazine rings is 1. The van der Waals surface area contributed by atoms with Crippen LogP contribution < -0.4 is 10.1 Å². The first kappa shape index (κ1) is 20.5. The predicted octanol–water partition coefficient (Wildman–Crippen LogP) is 3.70. The minimum absolute atomic E-state index is 0.143. The van der Waals surface area contributed by atoms with Crippen LogP contribution in [0.2, 0.25) is 0 Å². The van der Waals surface area contributed by atoms with Gasteiger partial charge in [-0.15, -0.1) is 0 Å². The Bertz CT molecular complexity index is 894. The molecule has 1 heterocycles. The van der Waals surface area contributed by atoms with Crippen LogP contribution in [0.3, 0.4) is 0 Å². The molecular weight excluding hydrogens is 387 g/mol. The van der Waals surface area contributed by atoms with Gasteiger partial charge in [-0.25, -0.2) is 4.79 Å². The number of rotatable bonds is 3. The summed E-state index contributed by atoms with van der Waals surface area (Å²) in [5.41, 5.74) is -0.828. The van der Waals surface area contributed by atoms with Gasteiger partial charge in [0.1, 0.15) is 5.75 Å². The van der Waals surface area contributed by atoms with E-state index >= 15 is 0 Å². The van der Waals surface area contributed by atoms with Gasteiger partial charge in [0.05, 0.1) is 23.9 Å². The highest BCUT2D eigenvalue weighted by Crippen LogP contribution is 2.32. The fourth-order valence-electron chi connectivity index (χ4n) is 3.14. The first-order valence-corrected chi connectivity index (χ1v) is 8.95. The molecule has 1 saturated heterocycles. The first-order valence-electron chi connectivity index (χ1n) is 8.95. The van der Waals surface area contributed by atoms with Gasteiger partial charge >= 0.3 is 12.2 Å². The smallest absolute Gasteiger partial charge is 0.417 e. The molecule has 1 N–H and O–H groups in total. The normalized spacial score (nSPS) is 14.5. The minimum atomic E-state index is -4.61. The lowest BCUT2D eigenvalue weighted by Crippen LogP contribution is -2.51. The third-order valence-corrected chi connectivity index (χ3v) is 4.67. The van der Waals surface area contributed by atoms with E-state index in [-0.39, 0.29) is 37.8 Å². The summed E-state index contributed by atoms with van der Waals surface area (Å²) in [6.45, 7) is 0.705. The molecule has 6 nitrogen and oxygen atoms in total. The highest BCUT2D eigenvalue weighted by molar-refractivity contribution is 5.96. The van der Waals surface area contributed by atoms with Gasteiger partial charge in [0.25, 0.3) is 5.91 Å². The van der Waals surface area contributed by atoms with Crippen molar-refractivity contribution >= 4 is 17.6 Å². The van der Waals surface area contributed by atoms with Crippen molar-refractivity contribution in [3.8, 4) is 5.75 Å². The number of ether oxygens (including phenoxy) is 1. The number of alkyl halides is 3. The summed E-state index contributed by atoms with van der Waals surface area (Å²) in [6.07, 6.45) is -4.61. The molecule has 0 aliphatic carbocycles. The Morgan fingerprint density at radius 3 is 2.17 bits per heavy atom. The van der Waals surface area contributed by atoms with Crippen molar-refractivity contribution in [2.24, 2.45) is 0 Å². The average molecular weight is 407 g/mol. The van der Waals surface area contributed by atoms with E-state index in [2.05, 4.69) is 5.32 Å². The van der Waals surface area contributed by atoms with Crippen LogP contribution >= 0.6 is 0 Å². The number of nitrogens with zero attached hydrogens (tertiary/aromatic N) is 2. The summed E-state index contributed by atoms with van der Waals surface area (Å²) in [5.74, 6) is -0.180. The number of hydrogen-bond acceptors (Lipinski definition) is 3. The Morgan fingerprint density at radius 1 is 0.931 bits per heavy atom. The zero-order chi connectivity index (χ0) is 21.0. The molecule has 0 aromatic heterocycles. The van der Waals surface area contributed by atoms with E-state index in [9.17, 15) is 22.8 Å². The van der Waals surface area contributed by atoms with Gasteiger partial charge in [-0.2, -0.15) is 13.2 Å². The molecule has 9 heteroatoms. The number of anilines is 1. The van der Waals surface area contributed by atoms with Gasteiger partial charge < -0.3 is 19.9 Å². The summed E-state index contributed by atoms with van der Waals surface area (Å²) in [5, 5.41) is 2.75. The third kappa shape index (κ3) is 4.61. The Kier molecular flexibility index (Phi) is 5.95. The second-order valence-electron chi connectivity index (χ2n) is 6.45. The second kappa shape index (κ2) is 8.42. The van der Waals surface area contributed by atoms with Crippen molar-refractivity contribution < 1.29 is 27.5 Å². The van der Waals surface area contributed by atoms with Gasteiger partial charge in [-0.1, -0.05) is 24.3 Å². The maximum absolute atomic E-state index is 13.2. The molecule has 1 aliphatic heterocycles. The minimum Gasteiger partial charge on any atom is -0.495 e. The number of amides is 3. The summed E-state index contributed by atoms with van der Waals surface area (Å²) in [6, 6.07) is 11.3. The molecule has 29 heavy (non-hydrogen) atoms. The Morgan fingerprint density at radius 2 is 1.52 bits per heavy atom. The maximum atomic E-state index is 13.2. The van der Waals surface area contributed by atoms with Crippen molar-refractivity contribution in [1.29, 1.82) is 0 Å². The lowest BCUT2D eigenvalue weighted by atomic mass is 10.1. The predicted molar refractivity (Wildman–Crippen MR) is 101 cm³/mol. The lowest BCUT2D eigenvalue weighted by Gasteiger charge is -2.35. The Balaban J connectivity index is 1.64. The van der Waals surface area contributed by atoms with Crippen molar-refractivity contribution in [3.05, 3.63) is 59.7 Å². The lowest BCUT2D eigenvalue weighted by molar-refractivity contribution is -0.138. The molecule has 0 unspecified atom stereocenters. The van der Waals surface area contributed by atoms with E-state index in [1.807, 2.05) is 0 Å². The number of halogens is 3. The standard InChI is InChI=1S/C20H20F3N3O3/c1-29-17-9-5-4-8-16(17)24-19(28)26-12-10-25(11-13-26)18(27)14-6-2-3-7-15(14)20(21,22)23/h2-9H,10-13H2,1H3,(H,24,28). The Labute approximate surface area is 165 Å². The van der Waals surface area contributed by atoms with E-state index < -0.39 is 17.6 Å². The van der Waals surface area contributed by atoms with E-state index in [1.54, 1.807) is 24.3 Å². The third-order valence-electron chi connectivity index (χ3n) is 4.67. The van der Waals surface area contributed by atoms with Crippen molar-refractivity contribution in [2.75, 3.05) is 38.6 Å². The van der Waals surface area contributed by atoms with Crippen LogP contribution in [0.25, 0.3) is 0 Å². The number of benzene rings is 2. The van der Waals surface area contributed by atoms with Crippen LogP contribution in [0, 0.1) is 0 Å². The Hall–Kier alpha value is -3.23. The highest BCUT2D eigenvalue weighted by atomic mass is 19.4. The topological polar surface area (TPSA) is 61.9 Å². The molecule has 0 atom stereocenters. The molecule has 0 spiro atoms. The molecule has 2 aromatic rings. The van der Waals surface area contributed by atoms with E-state index in [0.29, 0.717) is 11.4 Å². The van der Waals surface area contributed by atoms with Crippen LogP contribution in [0.1, 0.15) is 15.9 Å². The molecule has 1 aliphatic rings. The van der Waals surface area contributed by atoms with Crippen LogP contribution in [0.4, 0.5) is 23.7 Å². The van der Waals surface area contributed by atoms with Gasteiger partial charge in [-0.3, -0.25) is 4.79 Å². The summed E-state index contributed by atoms with van der Waals surface area (Å²) in [7, 11) is 1.49. The monoisotopic (exact) mass is 407 g/mol. The fraction of sp³-hybridized carbons (Fsp3) is 0.300. The largest absolute Gasteiger partial charge is 0.495 e. The van der Waals surface area contributed by atoms with Gasteiger partial charge in [0, 0.05) is 26.2 Å². The average Bonchev–Trinajstić information content (AvgIpc) is 2.73. The van der Waals surface area contributed by atoms with Crippen molar-refractivity contribution in [2.45, 2.75) is 6.18 Å². The SMILES string of the molecule is COc1ccccc1NC(=O)N1CCN(C(=O)c2ccccc2C(F)(F)F)CC1. The quantitative estimate of drug-likeness (QED) is 0.844. The molecule has 1 fully saturated rings. The highest BCUT2D eigenvalue weighted by Gasteiger charge is 2.36. The summed E-state index contributed by atoms with van der Waals surface area (Å²) in [4.78, 5) is 27.9. The number of methoxy groups -OCH3 is 1. The molecule has 3 rings (SSSR count). The van der Waals surface area contributed by atoms with Gasteiger partial charge in [-0.05, 0) is 24.3 Å². The second-order valence-corrected chi connectivity index (χ2v) is 6.45. The molecule has 3 amide bonds. The summed E-state index contributed by atoms with van der Waals surface area (Å²) >= 11 is 0. The number of carbonyl (C=O) groups is 2. The van der Waals surface area contributed by atoms with Crippen LogP contribution in [-0.4, -0.2) is 55.0 Å². The molecular formula is C20H20F3N3O3. The number of carbonyl (C=O) groups excluding carboxylic acids is 2. The van der Waals surface area contributed by atoms with Crippen LogP contribution in [-0.2, 0) is 6.18 Å². The molecule has 0 bridgehead atoms. The maximum Gasteiger partial charge on any atom is 0.417 e. The van der Waals surface area contributed by atoms with Gasteiger partial charge in [0.15, 0.2) is 0 Å².